The second kappa shape index (κ2) is 10.2. The summed E-state index contributed by atoms with van der Waals surface area (Å²) in [6, 6.07) is 4.44. The Bertz CT molecular complexity index is 638. The number of carboxylic acids is 1. The van der Waals surface area contributed by atoms with E-state index in [1.807, 2.05) is 0 Å². The van der Waals surface area contributed by atoms with E-state index in [-0.39, 0.29) is 6.54 Å². The van der Waals surface area contributed by atoms with Crippen LogP contribution in [0.3, 0.4) is 0 Å². The largest absolute Gasteiger partial charge is 0.494 e. The fraction of sp³-hybridized carbons (Fsp3) is 0.579. The highest BCUT2D eigenvalue weighted by Crippen LogP contribution is 2.30. The van der Waals surface area contributed by atoms with E-state index < -0.39 is 35.9 Å². The molecule has 0 aliphatic carbocycles. The Hall–Kier alpha value is -2.45. The van der Waals surface area contributed by atoms with E-state index in [0.717, 1.165) is 17.0 Å². The van der Waals surface area contributed by atoms with E-state index in [1.165, 1.54) is 12.1 Å². The van der Waals surface area contributed by atoms with Crippen molar-refractivity contribution in [1.29, 1.82) is 0 Å². The van der Waals surface area contributed by atoms with Crippen LogP contribution in [0.4, 0.5) is 18.0 Å². The Labute approximate surface area is 162 Å². The van der Waals surface area contributed by atoms with Crippen LogP contribution in [0.5, 0.6) is 5.75 Å². The van der Waals surface area contributed by atoms with E-state index in [9.17, 15) is 22.8 Å². The summed E-state index contributed by atoms with van der Waals surface area (Å²) in [5, 5.41) is 8.93. The van der Waals surface area contributed by atoms with Crippen molar-refractivity contribution in [3.05, 3.63) is 29.8 Å². The van der Waals surface area contributed by atoms with Crippen LogP contribution in [0.2, 0.25) is 0 Å². The highest BCUT2D eigenvalue weighted by molar-refractivity contribution is 5.76. The lowest BCUT2D eigenvalue weighted by Gasteiger charge is -2.26. The van der Waals surface area contributed by atoms with Crippen LogP contribution in [0.15, 0.2) is 24.3 Å². The number of hydrogen-bond donors (Lipinski definition) is 1. The molecule has 0 radical (unpaired) electrons. The molecular weight excluding hydrogens is 379 g/mol. The van der Waals surface area contributed by atoms with E-state index >= 15 is 0 Å². The van der Waals surface area contributed by atoms with Crippen LogP contribution in [0.1, 0.15) is 45.6 Å². The number of carbonyl (C=O) groups is 2. The van der Waals surface area contributed by atoms with Gasteiger partial charge in [0.05, 0.1) is 12.2 Å². The zero-order valence-corrected chi connectivity index (χ0v) is 16.2. The topological polar surface area (TPSA) is 76.1 Å². The first-order valence-electron chi connectivity index (χ1n) is 8.88. The average Bonchev–Trinajstić information content (AvgIpc) is 2.54. The molecule has 0 aliphatic heterocycles. The van der Waals surface area contributed by atoms with Gasteiger partial charge in [0, 0.05) is 6.54 Å². The minimum absolute atomic E-state index is 0.224. The van der Waals surface area contributed by atoms with Crippen molar-refractivity contribution in [3.8, 4) is 5.75 Å². The van der Waals surface area contributed by atoms with Gasteiger partial charge in [-0.15, -0.1) is 0 Å². The lowest BCUT2D eigenvalue weighted by Crippen LogP contribution is -2.40. The molecule has 0 heterocycles. The number of carbonyl (C=O) groups excluding carboxylic acids is 1. The third-order valence-corrected chi connectivity index (χ3v) is 3.50. The molecule has 0 spiro atoms. The number of halogens is 3. The predicted molar refractivity (Wildman–Crippen MR) is 96.2 cm³/mol. The summed E-state index contributed by atoms with van der Waals surface area (Å²) in [5.74, 6) is -0.786. The number of aliphatic carboxylic acids is 1. The standard InChI is InChI=1S/C19H26F3NO5/c1-18(2,3)28-17(26)23(13-16(24)25)11-5-4-6-12-27-15-9-7-14(8-10-15)19(20,21)22/h7-10H,4-6,11-13H2,1-3H3,(H,24,25). The molecule has 0 aromatic heterocycles. The molecule has 0 atom stereocenters. The van der Waals surface area contributed by atoms with Gasteiger partial charge in [0.25, 0.3) is 0 Å². The molecular formula is C19H26F3NO5. The number of benzene rings is 1. The average molecular weight is 405 g/mol. The summed E-state index contributed by atoms with van der Waals surface area (Å²) in [7, 11) is 0. The minimum Gasteiger partial charge on any atom is -0.494 e. The van der Waals surface area contributed by atoms with Gasteiger partial charge >= 0.3 is 18.2 Å². The summed E-state index contributed by atoms with van der Waals surface area (Å²) in [6.45, 7) is 5.17. The molecule has 0 saturated heterocycles. The first-order valence-corrected chi connectivity index (χ1v) is 8.88. The van der Waals surface area contributed by atoms with Gasteiger partial charge in [-0.2, -0.15) is 13.2 Å². The Morgan fingerprint density at radius 2 is 1.64 bits per heavy atom. The van der Waals surface area contributed by atoms with Crippen LogP contribution in [0, 0.1) is 0 Å². The van der Waals surface area contributed by atoms with Crippen molar-refractivity contribution in [3.63, 3.8) is 0 Å². The van der Waals surface area contributed by atoms with Gasteiger partial charge in [-0.05, 0) is 64.3 Å². The van der Waals surface area contributed by atoms with Crippen molar-refractivity contribution in [2.75, 3.05) is 19.7 Å². The Morgan fingerprint density at radius 1 is 1.04 bits per heavy atom. The first-order chi connectivity index (χ1) is 12.9. The predicted octanol–water partition coefficient (Wildman–Crippen LogP) is 4.58. The maximum absolute atomic E-state index is 12.5. The molecule has 1 N–H and O–H groups in total. The van der Waals surface area contributed by atoms with Gasteiger partial charge in [0.15, 0.2) is 0 Å². The summed E-state index contributed by atoms with van der Waals surface area (Å²) in [5.41, 5.74) is -1.45. The highest BCUT2D eigenvalue weighted by Gasteiger charge is 2.30. The number of hydrogen-bond acceptors (Lipinski definition) is 4. The van der Waals surface area contributed by atoms with Gasteiger partial charge in [0.1, 0.15) is 17.9 Å². The number of ether oxygens (including phenoxy) is 2. The number of rotatable bonds is 9. The number of carboxylic acid groups (broad SMARTS) is 1. The van der Waals surface area contributed by atoms with Gasteiger partial charge in [-0.1, -0.05) is 0 Å². The Balaban J connectivity index is 2.35. The van der Waals surface area contributed by atoms with Crippen molar-refractivity contribution in [1.82, 2.24) is 4.90 Å². The van der Waals surface area contributed by atoms with Gasteiger partial charge in [-0.3, -0.25) is 9.69 Å². The number of amides is 1. The van der Waals surface area contributed by atoms with Crippen LogP contribution in [0.25, 0.3) is 0 Å². The van der Waals surface area contributed by atoms with Crippen LogP contribution in [-0.2, 0) is 15.7 Å². The molecule has 0 aliphatic rings. The maximum Gasteiger partial charge on any atom is 0.416 e. The van der Waals surface area contributed by atoms with Crippen molar-refractivity contribution in [2.45, 2.75) is 51.8 Å². The van der Waals surface area contributed by atoms with Crippen molar-refractivity contribution < 1.29 is 37.3 Å². The van der Waals surface area contributed by atoms with Crippen LogP contribution in [-0.4, -0.2) is 47.4 Å². The lowest BCUT2D eigenvalue weighted by atomic mass is 10.2. The highest BCUT2D eigenvalue weighted by atomic mass is 19.4. The van der Waals surface area contributed by atoms with E-state index in [2.05, 4.69) is 0 Å². The van der Waals surface area contributed by atoms with Crippen molar-refractivity contribution >= 4 is 12.1 Å². The van der Waals surface area contributed by atoms with E-state index in [1.54, 1.807) is 20.8 Å². The molecule has 1 aromatic rings. The monoisotopic (exact) mass is 405 g/mol. The zero-order valence-electron chi connectivity index (χ0n) is 16.2. The molecule has 1 rings (SSSR count). The van der Waals surface area contributed by atoms with Crippen molar-refractivity contribution in [2.24, 2.45) is 0 Å². The Kier molecular flexibility index (Phi) is 8.59. The van der Waals surface area contributed by atoms with Crippen LogP contribution >= 0.6 is 0 Å². The molecule has 28 heavy (non-hydrogen) atoms. The molecule has 0 unspecified atom stereocenters. The second-order valence-electron chi connectivity index (χ2n) is 7.23. The summed E-state index contributed by atoms with van der Waals surface area (Å²) in [4.78, 5) is 24.1. The van der Waals surface area contributed by atoms with Crippen LogP contribution < -0.4 is 4.74 Å². The molecule has 1 amide bonds. The molecule has 0 fully saturated rings. The maximum atomic E-state index is 12.5. The minimum atomic E-state index is -4.38. The Morgan fingerprint density at radius 3 is 2.14 bits per heavy atom. The molecule has 158 valence electrons. The summed E-state index contributed by atoms with van der Waals surface area (Å²) < 4.78 is 48.0. The smallest absolute Gasteiger partial charge is 0.416 e. The third-order valence-electron chi connectivity index (χ3n) is 3.50. The SMILES string of the molecule is CC(C)(C)OC(=O)N(CCCCCOc1ccc(C(F)(F)F)cc1)CC(=O)O. The molecule has 6 nitrogen and oxygen atoms in total. The summed E-state index contributed by atoms with van der Waals surface area (Å²) in [6.07, 6.45) is -3.26. The molecule has 0 saturated carbocycles. The number of unbranched alkanes of at least 4 members (excludes halogenated alkanes) is 2. The first kappa shape index (κ1) is 23.6. The number of alkyl halides is 3. The third kappa shape index (κ3) is 9.48. The molecule has 1 aromatic carbocycles. The normalized spacial score (nSPS) is 11.8. The molecule has 0 bridgehead atoms. The summed E-state index contributed by atoms with van der Waals surface area (Å²) >= 11 is 0. The fourth-order valence-corrected chi connectivity index (χ4v) is 2.24. The fourth-order valence-electron chi connectivity index (χ4n) is 2.24. The lowest BCUT2D eigenvalue weighted by molar-refractivity contribution is -0.138. The molecule has 9 heteroatoms. The van der Waals surface area contributed by atoms with Gasteiger partial charge < -0.3 is 14.6 Å². The number of nitrogens with zero attached hydrogens (tertiary/aromatic N) is 1. The van der Waals surface area contributed by atoms with Gasteiger partial charge in [-0.25, -0.2) is 4.79 Å². The quantitative estimate of drug-likeness (QED) is 0.609. The van der Waals surface area contributed by atoms with Gasteiger partial charge in [0.2, 0.25) is 0 Å². The van der Waals surface area contributed by atoms with E-state index in [4.69, 9.17) is 14.6 Å². The van der Waals surface area contributed by atoms with E-state index in [0.29, 0.717) is 31.6 Å². The zero-order chi connectivity index (χ0) is 21.4. The second-order valence-corrected chi connectivity index (χ2v) is 7.23.